The Labute approximate surface area is 188 Å². The molecule has 176 valence electrons. The molecule has 1 heterocycles. The number of hydrogen-bond donors (Lipinski definition) is 2. The Morgan fingerprint density at radius 1 is 1.03 bits per heavy atom. The number of methoxy groups -OCH3 is 1. The highest BCUT2D eigenvalue weighted by molar-refractivity contribution is 6.08. The third-order valence-corrected chi connectivity index (χ3v) is 5.35. The second kappa shape index (κ2) is 9.93. The van der Waals surface area contributed by atoms with Gasteiger partial charge in [0.25, 0.3) is 11.6 Å². The Balaban J connectivity index is 1.65. The van der Waals surface area contributed by atoms with Crippen molar-refractivity contribution in [1.82, 2.24) is 15.5 Å². The van der Waals surface area contributed by atoms with Crippen LogP contribution in [0.3, 0.4) is 0 Å². The smallest absolute Gasteiger partial charge is 0.440 e. The van der Waals surface area contributed by atoms with Crippen LogP contribution in [-0.4, -0.2) is 48.2 Å². The molecule has 10 heteroatoms. The number of urea groups is 1. The SMILES string of the molecule is COc1ccc(CCC(=O)N[C@]2(C(F)(F)F)NC(=O)N(CCCc3ccccc3)C2=O)cc1. The van der Waals surface area contributed by atoms with Crippen LogP contribution in [0.15, 0.2) is 54.6 Å². The van der Waals surface area contributed by atoms with Gasteiger partial charge >= 0.3 is 12.2 Å². The Bertz CT molecular complexity index is 996. The van der Waals surface area contributed by atoms with Crippen LogP contribution in [0.25, 0.3) is 0 Å². The molecule has 1 fully saturated rings. The Hall–Kier alpha value is -3.56. The number of aryl methyl sites for hydroxylation is 2. The molecule has 1 saturated heterocycles. The molecule has 33 heavy (non-hydrogen) atoms. The molecule has 0 aromatic heterocycles. The second-order valence-electron chi connectivity index (χ2n) is 7.62. The van der Waals surface area contributed by atoms with E-state index in [1.54, 1.807) is 34.9 Å². The first-order chi connectivity index (χ1) is 15.7. The molecule has 0 radical (unpaired) electrons. The molecule has 1 aliphatic rings. The number of rotatable bonds is 9. The van der Waals surface area contributed by atoms with Crippen molar-refractivity contribution < 1.29 is 32.3 Å². The summed E-state index contributed by atoms with van der Waals surface area (Å²) >= 11 is 0. The summed E-state index contributed by atoms with van der Waals surface area (Å²) in [5, 5.41) is 3.40. The number of amides is 4. The summed E-state index contributed by atoms with van der Waals surface area (Å²) < 4.78 is 46.8. The van der Waals surface area contributed by atoms with Crippen molar-refractivity contribution in [2.75, 3.05) is 13.7 Å². The number of alkyl halides is 3. The zero-order valence-electron chi connectivity index (χ0n) is 17.9. The van der Waals surface area contributed by atoms with E-state index in [-0.39, 0.29) is 25.8 Å². The molecule has 7 nitrogen and oxygen atoms in total. The van der Waals surface area contributed by atoms with Crippen LogP contribution in [0.1, 0.15) is 24.0 Å². The third-order valence-electron chi connectivity index (χ3n) is 5.35. The van der Waals surface area contributed by atoms with Gasteiger partial charge in [-0.1, -0.05) is 42.5 Å². The average Bonchev–Trinajstić information content (AvgIpc) is 3.03. The molecule has 2 N–H and O–H groups in total. The number of carbonyl (C=O) groups excluding carboxylic acids is 3. The van der Waals surface area contributed by atoms with Gasteiger partial charge in [-0.15, -0.1) is 0 Å². The van der Waals surface area contributed by atoms with Gasteiger partial charge in [-0.05, 0) is 42.5 Å². The van der Waals surface area contributed by atoms with Crippen LogP contribution in [0.5, 0.6) is 5.75 Å². The highest BCUT2D eigenvalue weighted by Crippen LogP contribution is 2.34. The van der Waals surface area contributed by atoms with Gasteiger partial charge in [-0.25, -0.2) is 4.79 Å². The molecular weight excluding hydrogens is 439 g/mol. The van der Waals surface area contributed by atoms with Crippen molar-refractivity contribution >= 4 is 17.8 Å². The van der Waals surface area contributed by atoms with E-state index < -0.39 is 29.7 Å². The minimum Gasteiger partial charge on any atom is -0.497 e. The zero-order chi connectivity index (χ0) is 24.1. The summed E-state index contributed by atoms with van der Waals surface area (Å²) in [6.07, 6.45) is -4.62. The first kappa shape index (κ1) is 24.1. The van der Waals surface area contributed by atoms with Crippen LogP contribution in [0.4, 0.5) is 18.0 Å². The van der Waals surface area contributed by atoms with E-state index in [1.807, 2.05) is 30.3 Å². The van der Waals surface area contributed by atoms with Gasteiger partial charge in [0, 0.05) is 13.0 Å². The maximum absolute atomic E-state index is 13.9. The van der Waals surface area contributed by atoms with Crippen LogP contribution in [0.2, 0.25) is 0 Å². The van der Waals surface area contributed by atoms with Crippen LogP contribution in [-0.2, 0) is 22.4 Å². The second-order valence-corrected chi connectivity index (χ2v) is 7.62. The summed E-state index contributed by atoms with van der Waals surface area (Å²) in [7, 11) is 1.50. The molecule has 2 aromatic rings. The lowest BCUT2D eigenvalue weighted by molar-refractivity contribution is -0.204. The number of imide groups is 1. The fraction of sp³-hybridized carbons (Fsp3) is 0.348. The highest BCUT2D eigenvalue weighted by Gasteiger charge is 2.68. The van der Waals surface area contributed by atoms with Crippen molar-refractivity contribution in [2.24, 2.45) is 0 Å². The number of hydrogen-bond acceptors (Lipinski definition) is 4. The number of ether oxygens (including phenoxy) is 1. The van der Waals surface area contributed by atoms with Crippen molar-refractivity contribution in [3.63, 3.8) is 0 Å². The number of nitrogens with zero attached hydrogens (tertiary/aromatic N) is 1. The lowest BCUT2D eigenvalue weighted by Gasteiger charge is -2.30. The molecular formula is C23H24F3N3O4. The molecule has 0 unspecified atom stereocenters. The number of carbonyl (C=O) groups is 3. The number of halogens is 3. The normalized spacial score (nSPS) is 18.2. The predicted octanol–water partition coefficient (Wildman–Crippen LogP) is 3.19. The lowest BCUT2D eigenvalue weighted by Crippen LogP contribution is -2.69. The standard InChI is InChI=1S/C23H24F3N3O4/c1-33-18-12-9-17(10-13-18)11-14-19(30)27-22(23(24,25)26)20(31)29(21(32)28-22)15-5-8-16-6-3-2-4-7-16/h2-4,6-7,9-10,12-13H,5,8,11,14-15H2,1H3,(H,27,30)(H,28,32)/t22-/m0/s1. The Morgan fingerprint density at radius 3 is 2.27 bits per heavy atom. The van der Waals surface area contributed by atoms with Crippen molar-refractivity contribution in [1.29, 1.82) is 0 Å². The van der Waals surface area contributed by atoms with E-state index in [0.29, 0.717) is 22.6 Å². The van der Waals surface area contributed by atoms with Crippen LogP contribution < -0.4 is 15.4 Å². The van der Waals surface area contributed by atoms with E-state index in [0.717, 1.165) is 5.56 Å². The molecule has 0 saturated carbocycles. The fourth-order valence-electron chi connectivity index (χ4n) is 3.53. The van der Waals surface area contributed by atoms with Crippen molar-refractivity contribution in [3.05, 3.63) is 65.7 Å². The third kappa shape index (κ3) is 5.44. The van der Waals surface area contributed by atoms with Gasteiger partial charge in [-0.3, -0.25) is 19.8 Å². The topological polar surface area (TPSA) is 87.7 Å². The van der Waals surface area contributed by atoms with E-state index >= 15 is 0 Å². The molecule has 1 atom stereocenters. The van der Waals surface area contributed by atoms with E-state index in [4.69, 9.17) is 4.74 Å². The van der Waals surface area contributed by atoms with E-state index in [2.05, 4.69) is 0 Å². The van der Waals surface area contributed by atoms with Crippen LogP contribution in [0, 0.1) is 0 Å². The monoisotopic (exact) mass is 463 g/mol. The molecule has 0 spiro atoms. The molecule has 0 bridgehead atoms. The van der Waals surface area contributed by atoms with Gasteiger partial charge in [0.1, 0.15) is 5.75 Å². The van der Waals surface area contributed by atoms with Gasteiger partial charge in [0.15, 0.2) is 0 Å². The number of benzene rings is 2. The Morgan fingerprint density at radius 2 is 1.67 bits per heavy atom. The molecule has 4 amide bonds. The summed E-state index contributed by atoms with van der Waals surface area (Å²) in [6.45, 7) is -0.209. The zero-order valence-corrected chi connectivity index (χ0v) is 17.9. The van der Waals surface area contributed by atoms with E-state index in [9.17, 15) is 27.6 Å². The summed E-state index contributed by atoms with van der Waals surface area (Å²) in [6, 6.07) is 14.7. The number of nitrogens with one attached hydrogen (secondary N) is 2. The van der Waals surface area contributed by atoms with Gasteiger partial charge in [0.2, 0.25) is 5.91 Å². The van der Waals surface area contributed by atoms with E-state index in [1.165, 1.54) is 7.11 Å². The fourth-order valence-corrected chi connectivity index (χ4v) is 3.53. The maximum atomic E-state index is 13.9. The minimum absolute atomic E-state index is 0.146. The maximum Gasteiger partial charge on any atom is 0.440 e. The predicted molar refractivity (Wildman–Crippen MR) is 113 cm³/mol. The molecule has 2 aromatic carbocycles. The summed E-state index contributed by atoms with van der Waals surface area (Å²) in [5.41, 5.74) is -1.84. The quantitative estimate of drug-likeness (QED) is 0.560. The Kier molecular flexibility index (Phi) is 7.25. The van der Waals surface area contributed by atoms with Crippen LogP contribution >= 0.6 is 0 Å². The molecule has 3 rings (SSSR count). The minimum atomic E-state index is -5.22. The summed E-state index contributed by atoms with van der Waals surface area (Å²) in [5.74, 6) is -1.94. The molecule has 1 aliphatic heterocycles. The first-order valence-electron chi connectivity index (χ1n) is 10.3. The van der Waals surface area contributed by atoms with Gasteiger partial charge in [0.05, 0.1) is 7.11 Å². The first-order valence-corrected chi connectivity index (χ1v) is 10.3. The van der Waals surface area contributed by atoms with Crippen molar-refractivity contribution in [2.45, 2.75) is 37.5 Å². The largest absolute Gasteiger partial charge is 0.497 e. The van der Waals surface area contributed by atoms with Gasteiger partial charge < -0.3 is 10.1 Å². The lowest BCUT2D eigenvalue weighted by atomic mass is 10.1. The molecule has 0 aliphatic carbocycles. The van der Waals surface area contributed by atoms with Gasteiger partial charge in [-0.2, -0.15) is 13.2 Å². The average molecular weight is 463 g/mol. The van der Waals surface area contributed by atoms with Crippen molar-refractivity contribution in [3.8, 4) is 5.75 Å². The summed E-state index contributed by atoms with van der Waals surface area (Å²) in [4.78, 5) is 37.8. The highest BCUT2D eigenvalue weighted by atomic mass is 19.4.